The van der Waals surface area contributed by atoms with Gasteiger partial charge in [-0.3, -0.25) is 9.78 Å². The summed E-state index contributed by atoms with van der Waals surface area (Å²) in [5.74, 6) is 0.845. The van der Waals surface area contributed by atoms with E-state index in [4.69, 9.17) is 0 Å². The number of rotatable bonds is 7. The van der Waals surface area contributed by atoms with Crippen molar-refractivity contribution in [2.24, 2.45) is 5.92 Å². The van der Waals surface area contributed by atoms with Crippen molar-refractivity contribution in [1.29, 1.82) is 0 Å². The quantitative estimate of drug-likeness (QED) is 0.406. The Bertz CT molecular complexity index is 1410. The Balaban J connectivity index is 1.22. The Morgan fingerprint density at radius 3 is 2.83 bits per heavy atom. The van der Waals surface area contributed by atoms with Crippen LogP contribution in [0.2, 0.25) is 0 Å². The molecule has 6 nitrogen and oxygen atoms in total. The second kappa shape index (κ2) is 9.46. The molecule has 1 aliphatic carbocycles. The summed E-state index contributed by atoms with van der Waals surface area (Å²) in [5, 5.41) is 6.17. The minimum atomic E-state index is -0.832. The van der Waals surface area contributed by atoms with Gasteiger partial charge in [-0.2, -0.15) is 0 Å². The number of pyridine rings is 2. The molecule has 1 unspecified atom stereocenters. The molecule has 1 atom stereocenters. The van der Waals surface area contributed by atoms with E-state index in [1.165, 1.54) is 30.3 Å². The van der Waals surface area contributed by atoms with Gasteiger partial charge in [0.05, 0.1) is 23.8 Å². The molecule has 1 aromatic carbocycles. The predicted molar refractivity (Wildman–Crippen MR) is 139 cm³/mol. The number of halogens is 1. The van der Waals surface area contributed by atoms with E-state index in [0.717, 1.165) is 54.1 Å². The molecule has 4 heterocycles. The number of alkyl halides is 1. The number of nitrogens with one attached hydrogen (secondary N) is 2. The van der Waals surface area contributed by atoms with Gasteiger partial charge >= 0.3 is 0 Å². The van der Waals surface area contributed by atoms with Crippen molar-refractivity contribution in [3.63, 3.8) is 0 Å². The van der Waals surface area contributed by atoms with Crippen LogP contribution in [0.25, 0.3) is 21.7 Å². The smallest absolute Gasteiger partial charge is 0.260 e. The number of nitrogens with zero attached hydrogens (tertiary/aromatic N) is 3. The number of anilines is 1. The van der Waals surface area contributed by atoms with Crippen molar-refractivity contribution in [2.75, 3.05) is 24.5 Å². The van der Waals surface area contributed by atoms with E-state index < -0.39 is 6.17 Å². The molecule has 0 spiro atoms. The Kier molecular flexibility index (Phi) is 6.02. The summed E-state index contributed by atoms with van der Waals surface area (Å²) in [5.41, 5.74) is 4.12. The molecule has 0 amide bonds. The molecule has 4 aromatic rings. The zero-order valence-corrected chi connectivity index (χ0v) is 20.0. The van der Waals surface area contributed by atoms with Crippen LogP contribution >= 0.6 is 0 Å². The lowest BCUT2D eigenvalue weighted by Crippen LogP contribution is -2.36. The summed E-state index contributed by atoms with van der Waals surface area (Å²) in [6, 6.07) is 10.5. The van der Waals surface area contributed by atoms with Gasteiger partial charge in [0.2, 0.25) is 0 Å². The topological polar surface area (TPSA) is 66.0 Å². The predicted octanol–water partition coefficient (Wildman–Crippen LogP) is 4.75. The van der Waals surface area contributed by atoms with Crippen molar-refractivity contribution in [3.8, 4) is 0 Å². The van der Waals surface area contributed by atoms with Crippen LogP contribution in [0.5, 0.6) is 0 Å². The molecule has 0 radical (unpaired) electrons. The maximum atomic E-state index is 14.0. The average Bonchev–Trinajstić information content (AvgIpc) is 3.24. The first-order chi connectivity index (χ1) is 17.1. The highest BCUT2D eigenvalue weighted by atomic mass is 19.1. The van der Waals surface area contributed by atoms with Gasteiger partial charge < -0.3 is 19.8 Å². The third-order valence-electron chi connectivity index (χ3n) is 7.65. The van der Waals surface area contributed by atoms with Crippen LogP contribution in [0.15, 0.2) is 53.7 Å². The molecule has 1 saturated heterocycles. The summed E-state index contributed by atoms with van der Waals surface area (Å²) >= 11 is 0. The lowest BCUT2D eigenvalue weighted by molar-refractivity contribution is 0.287. The van der Waals surface area contributed by atoms with Gasteiger partial charge in [-0.15, -0.1) is 0 Å². The highest BCUT2D eigenvalue weighted by Crippen LogP contribution is 2.28. The summed E-state index contributed by atoms with van der Waals surface area (Å²) in [6.07, 6.45) is 9.89. The van der Waals surface area contributed by atoms with Gasteiger partial charge in [-0.1, -0.05) is 18.6 Å². The van der Waals surface area contributed by atoms with Crippen molar-refractivity contribution >= 4 is 27.4 Å². The van der Waals surface area contributed by atoms with Crippen LogP contribution < -0.4 is 15.8 Å². The zero-order chi connectivity index (χ0) is 23.8. The maximum absolute atomic E-state index is 14.0. The molecule has 2 aliphatic rings. The van der Waals surface area contributed by atoms with Crippen LogP contribution in [-0.4, -0.2) is 40.3 Å². The zero-order valence-electron chi connectivity index (χ0n) is 20.0. The molecule has 1 saturated carbocycles. The fourth-order valence-electron chi connectivity index (χ4n) is 5.45. The monoisotopic (exact) mass is 473 g/mol. The van der Waals surface area contributed by atoms with E-state index in [2.05, 4.69) is 39.6 Å². The number of aromatic amines is 1. The number of piperidine rings is 1. The SMILES string of the molecule is O=c1c2cncc(N3CCCC(F)C3)c2ccn1Cc1ccc2cc(CNCC3CCC3)[nH]c2c1. The maximum Gasteiger partial charge on any atom is 0.260 e. The Morgan fingerprint density at radius 2 is 2.00 bits per heavy atom. The molecule has 2 N–H and O–H groups in total. The normalized spacial score (nSPS) is 18.9. The largest absolute Gasteiger partial charge is 0.367 e. The minimum Gasteiger partial charge on any atom is -0.367 e. The highest BCUT2D eigenvalue weighted by Gasteiger charge is 2.22. The number of hydrogen-bond acceptors (Lipinski definition) is 4. The molecule has 0 bridgehead atoms. The Hall–Kier alpha value is -3.19. The van der Waals surface area contributed by atoms with Crippen molar-refractivity contribution < 1.29 is 4.39 Å². The van der Waals surface area contributed by atoms with E-state index in [1.807, 2.05) is 17.2 Å². The molecular weight excluding hydrogens is 441 g/mol. The van der Waals surface area contributed by atoms with Crippen molar-refractivity contribution in [1.82, 2.24) is 19.9 Å². The number of benzene rings is 1. The van der Waals surface area contributed by atoms with E-state index in [0.29, 0.717) is 24.9 Å². The molecule has 7 heteroatoms. The molecule has 3 aromatic heterocycles. The number of H-pyrrole nitrogens is 1. The minimum absolute atomic E-state index is 0.0712. The highest BCUT2D eigenvalue weighted by molar-refractivity contribution is 5.92. The standard InChI is InChI=1S/C28H32FN5O/c29-22-5-2-9-33(18-22)27-16-31-15-25-24(27)8-10-34(28(25)35)17-20-6-7-21-12-23(32-26(21)11-20)14-30-13-19-3-1-4-19/h6-8,10-12,15-16,19,22,30,32H,1-5,9,13-14,17-18H2. The van der Waals surface area contributed by atoms with Crippen LogP contribution in [0.4, 0.5) is 10.1 Å². The number of fused-ring (bicyclic) bond motifs is 2. The number of hydrogen-bond donors (Lipinski definition) is 2. The van der Waals surface area contributed by atoms with Crippen molar-refractivity contribution in [2.45, 2.75) is 51.4 Å². The van der Waals surface area contributed by atoms with Gasteiger partial charge in [0.1, 0.15) is 6.17 Å². The van der Waals surface area contributed by atoms with Gasteiger partial charge in [0, 0.05) is 48.6 Å². The van der Waals surface area contributed by atoms with Crippen molar-refractivity contribution in [3.05, 3.63) is 70.5 Å². The second-order valence-electron chi connectivity index (χ2n) is 10.2. The van der Waals surface area contributed by atoms with E-state index >= 15 is 0 Å². The van der Waals surface area contributed by atoms with Crippen LogP contribution in [0, 0.1) is 5.92 Å². The Labute approximate surface area is 204 Å². The molecule has 2 fully saturated rings. The summed E-state index contributed by atoms with van der Waals surface area (Å²) < 4.78 is 15.7. The fraction of sp³-hybridized carbons (Fsp3) is 0.429. The van der Waals surface area contributed by atoms with Gasteiger partial charge in [0.15, 0.2) is 0 Å². The molecule has 35 heavy (non-hydrogen) atoms. The number of aromatic nitrogens is 3. The second-order valence-corrected chi connectivity index (χ2v) is 10.2. The summed E-state index contributed by atoms with van der Waals surface area (Å²) in [7, 11) is 0. The third kappa shape index (κ3) is 4.57. The summed E-state index contributed by atoms with van der Waals surface area (Å²) in [6.45, 7) is 3.57. The first-order valence-electron chi connectivity index (χ1n) is 12.8. The fourth-order valence-corrected chi connectivity index (χ4v) is 5.45. The first kappa shape index (κ1) is 22.3. The van der Waals surface area contributed by atoms with Crippen LogP contribution in [-0.2, 0) is 13.1 Å². The lowest BCUT2D eigenvalue weighted by atomic mass is 9.85. The van der Waals surface area contributed by atoms with Gasteiger partial charge in [0.25, 0.3) is 5.56 Å². The van der Waals surface area contributed by atoms with Crippen LogP contribution in [0.3, 0.4) is 0 Å². The lowest BCUT2D eigenvalue weighted by Gasteiger charge is -2.31. The Morgan fingerprint density at radius 1 is 1.09 bits per heavy atom. The molecule has 6 rings (SSSR count). The molecular formula is C28H32FN5O. The summed E-state index contributed by atoms with van der Waals surface area (Å²) in [4.78, 5) is 23.2. The molecule has 1 aliphatic heterocycles. The molecule has 182 valence electrons. The van der Waals surface area contributed by atoms with E-state index in [9.17, 15) is 9.18 Å². The first-order valence-corrected chi connectivity index (χ1v) is 12.8. The van der Waals surface area contributed by atoms with Crippen LogP contribution in [0.1, 0.15) is 43.4 Å². The average molecular weight is 474 g/mol. The van der Waals surface area contributed by atoms with E-state index in [1.54, 1.807) is 17.0 Å². The third-order valence-corrected chi connectivity index (χ3v) is 7.65. The van der Waals surface area contributed by atoms with E-state index in [-0.39, 0.29) is 5.56 Å². The van der Waals surface area contributed by atoms with Gasteiger partial charge in [-0.05, 0) is 67.3 Å². The van der Waals surface area contributed by atoms with Gasteiger partial charge in [-0.25, -0.2) is 4.39 Å².